The molecule has 0 heteroatoms. The van der Waals surface area contributed by atoms with E-state index < -0.39 is 0 Å². The summed E-state index contributed by atoms with van der Waals surface area (Å²) in [6, 6.07) is 0. The molecular weight excluding hydrogens is 132 g/mol. The van der Waals surface area contributed by atoms with Crippen molar-refractivity contribution in [2.75, 3.05) is 0 Å². The summed E-state index contributed by atoms with van der Waals surface area (Å²) < 4.78 is 0. The zero-order valence-electron chi connectivity index (χ0n) is 8.74. The van der Waals surface area contributed by atoms with Crippen LogP contribution in [0.1, 0.15) is 66.2 Å². The minimum atomic E-state index is 0.774. The fraction of sp³-hybridized carbons (Fsp3) is 1.00. The summed E-state index contributed by atoms with van der Waals surface area (Å²) >= 11 is 0. The Morgan fingerprint density at radius 1 is 1.18 bits per heavy atom. The molecule has 0 nitrogen and oxygen atoms in total. The van der Waals surface area contributed by atoms with E-state index in [1.807, 2.05) is 13.8 Å². The Hall–Kier alpha value is 0. The van der Waals surface area contributed by atoms with Crippen molar-refractivity contribution in [1.82, 2.24) is 0 Å². The number of unbranched alkanes of at least 4 members (excludes halogenated alkanes) is 1. The zero-order valence-corrected chi connectivity index (χ0v) is 8.74. The number of rotatable bonds is 3. The van der Waals surface area contributed by atoms with Gasteiger partial charge < -0.3 is 0 Å². The van der Waals surface area contributed by atoms with Gasteiger partial charge in [0.15, 0.2) is 0 Å². The van der Waals surface area contributed by atoms with Gasteiger partial charge in [-0.2, -0.15) is 0 Å². The predicted octanol–water partition coefficient (Wildman–Crippen LogP) is 4.39. The van der Waals surface area contributed by atoms with Crippen molar-refractivity contribution < 1.29 is 0 Å². The first-order valence-corrected chi connectivity index (χ1v) is 5.27. The topological polar surface area (TPSA) is 0 Å². The maximum atomic E-state index is 2.44. The molecule has 0 heterocycles. The van der Waals surface area contributed by atoms with E-state index in [0.717, 1.165) is 5.41 Å². The van der Waals surface area contributed by atoms with Gasteiger partial charge in [0.25, 0.3) is 0 Å². The summed E-state index contributed by atoms with van der Waals surface area (Å²) in [6.07, 6.45) is 8.76. The van der Waals surface area contributed by atoms with Crippen LogP contribution >= 0.6 is 0 Å². The molecule has 0 aromatic rings. The van der Waals surface area contributed by atoms with Crippen molar-refractivity contribution in [2.45, 2.75) is 66.2 Å². The minimum absolute atomic E-state index is 0.774. The first-order valence-electron chi connectivity index (χ1n) is 5.27. The maximum absolute atomic E-state index is 2.44. The predicted molar refractivity (Wildman–Crippen MR) is 52.8 cm³/mol. The van der Waals surface area contributed by atoms with Crippen LogP contribution < -0.4 is 0 Å². The van der Waals surface area contributed by atoms with Crippen LogP contribution in [0.4, 0.5) is 0 Å². The molecule has 0 bridgehead atoms. The van der Waals surface area contributed by atoms with Gasteiger partial charge in [-0.25, -0.2) is 0 Å². The van der Waals surface area contributed by atoms with Crippen molar-refractivity contribution in [3.05, 3.63) is 0 Å². The highest BCUT2D eigenvalue weighted by Crippen LogP contribution is 2.44. The minimum Gasteiger partial charge on any atom is -0.0683 e. The van der Waals surface area contributed by atoms with E-state index in [1.165, 1.54) is 38.5 Å². The van der Waals surface area contributed by atoms with Crippen molar-refractivity contribution >= 4 is 0 Å². The van der Waals surface area contributed by atoms with E-state index in [9.17, 15) is 0 Å². The molecule has 0 spiro atoms. The van der Waals surface area contributed by atoms with E-state index in [-0.39, 0.29) is 0 Å². The normalized spacial score (nSPS) is 19.6. The molecule has 0 unspecified atom stereocenters. The molecule has 1 aliphatic rings. The lowest BCUT2D eigenvalue weighted by atomic mass is 9.68. The fourth-order valence-electron chi connectivity index (χ4n) is 1.63. The van der Waals surface area contributed by atoms with Gasteiger partial charge in [-0.1, -0.05) is 47.0 Å². The largest absolute Gasteiger partial charge is 0.0683 e. The Labute approximate surface area is 72.4 Å². The maximum Gasteiger partial charge on any atom is -0.0326 e. The Morgan fingerprint density at radius 3 is 2.00 bits per heavy atom. The first kappa shape index (κ1) is 11.0. The molecule has 0 N–H and O–H groups in total. The van der Waals surface area contributed by atoms with Crippen LogP contribution in [-0.4, -0.2) is 0 Å². The second kappa shape index (κ2) is 5.62. The van der Waals surface area contributed by atoms with Crippen molar-refractivity contribution in [1.29, 1.82) is 0 Å². The first-order chi connectivity index (χ1) is 5.27. The molecule has 0 aromatic heterocycles. The lowest BCUT2D eigenvalue weighted by Crippen LogP contribution is -2.24. The molecule has 1 rings (SSSR count). The molecule has 68 valence electrons. The second-order valence-corrected chi connectivity index (χ2v) is 3.77. The van der Waals surface area contributed by atoms with Crippen LogP contribution in [0.2, 0.25) is 0 Å². The smallest absolute Gasteiger partial charge is 0.0326 e. The van der Waals surface area contributed by atoms with Gasteiger partial charge in [0.2, 0.25) is 0 Å². The summed E-state index contributed by atoms with van der Waals surface area (Å²) in [7, 11) is 0. The molecule has 1 saturated carbocycles. The summed E-state index contributed by atoms with van der Waals surface area (Å²) in [5, 5.41) is 0. The highest BCUT2D eigenvalue weighted by molar-refractivity contribution is 4.82. The molecular formula is C11H24. The molecule has 0 amide bonds. The molecule has 11 heavy (non-hydrogen) atoms. The summed E-state index contributed by atoms with van der Waals surface area (Å²) in [5.41, 5.74) is 0.774. The van der Waals surface area contributed by atoms with Gasteiger partial charge in [-0.15, -0.1) is 0 Å². The Morgan fingerprint density at radius 2 is 1.73 bits per heavy atom. The molecule has 0 saturated heterocycles. The molecule has 0 aromatic carbocycles. The number of hydrogen-bond acceptors (Lipinski definition) is 0. The van der Waals surface area contributed by atoms with E-state index in [0.29, 0.717) is 0 Å². The van der Waals surface area contributed by atoms with Crippen LogP contribution in [0.3, 0.4) is 0 Å². The van der Waals surface area contributed by atoms with Crippen LogP contribution in [0, 0.1) is 5.41 Å². The Bertz CT molecular complexity index is 80.0. The monoisotopic (exact) mass is 156 g/mol. The van der Waals surface area contributed by atoms with Gasteiger partial charge in [0.05, 0.1) is 0 Å². The highest BCUT2D eigenvalue weighted by Gasteiger charge is 2.30. The van der Waals surface area contributed by atoms with E-state index in [4.69, 9.17) is 0 Å². The molecule has 0 atom stereocenters. The third kappa shape index (κ3) is 3.79. The van der Waals surface area contributed by atoms with Crippen molar-refractivity contribution in [2.24, 2.45) is 5.41 Å². The Kier molecular flexibility index (Phi) is 5.62. The highest BCUT2D eigenvalue weighted by atomic mass is 14.4. The third-order valence-electron chi connectivity index (χ3n) is 2.69. The van der Waals surface area contributed by atoms with Crippen molar-refractivity contribution in [3.63, 3.8) is 0 Å². The zero-order chi connectivity index (χ0) is 8.74. The lowest BCUT2D eigenvalue weighted by Gasteiger charge is -2.38. The van der Waals surface area contributed by atoms with E-state index in [2.05, 4.69) is 13.8 Å². The average Bonchev–Trinajstić information content (AvgIpc) is 2.01. The van der Waals surface area contributed by atoms with Crippen LogP contribution in [-0.2, 0) is 0 Å². The summed E-state index contributed by atoms with van der Waals surface area (Å²) in [4.78, 5) is 0. The molecule has 1 fully saturated rings. The molecule has 0 radical (unpaired) electrons. The average molecular weight is 156 g/mol. The molecule has 0 aliphatic heterocycles. The van der Waals surface area contributed by atoms with Crippen molar-refractivity contribution in [3.8, 4) is 0 Å². The fourth-order valence-corrected chi connectivity index (χ4v) is 1.63. The third-order valence-corrected chi connectivity index (χ3v) is 2.69. The summed E-state index contributed by atoms with van der Waals surface area (Å²) in [6.45, 7) is 8.72. The standard InChI is InChI=1S/C9H18.C2H6/c1-3-4-6-9(2)7-5-8-9;1-2/h3-8H2,1-2H3;1-2H3. The van der Waals surface area contributed by atoms with Crippen LogP contribution in [0.25, 0.3) is 0 Å². The van der Waals surface area contributed by atoms with Gasteiger partial charge in [-0.05, 0) is 24.7 Å². The van der Waals surface area contributed by atoms with Gasteiger partial charge >= 0.3 is 0 Å². The lowest BCUT2D eigenvalue weighted by molar-refractivity contribution is 0.142. The second-order valence-electron chi connectivity index (χ2n) is 3.77. The number of hydrogen-bond donors (Lipinski definition) is 0. The van der Waals surface area contributed by atoms with E-state index in [1.54, 1.807) is 0 Å². The van der Waals surface area contributed by atoms with Gasteiger partial charge in [0.1, 0.15) is 0 Å². The SMILES string of the molecule is CC.CCCCC1(C)CCC1. The molecule has 1 aliphatic carbocycles. The van der Waals surface area contributed by atoms with Crippen LogP contribution in [0.15, 0.2) is 0 Å². The van der Waals surface area contributed by atoms with E-state index >= 15 is 0 Å². The summed E-state index contributed by atoms with van der Waals surface area (Å²) in [5.74, 6) is 0. The quantitative estimate of drug-likeness (QED) is 0.568. The van der Waals surface area contributed by atoms with Crippen LogP contribution in [0.5, 0.6) is 0 Å². The Balaban J connectivity index is 0.000000461. The van der Waals surface area contributed by atoms with Gasteiger partial charge in [-0.3, -0.25) is 0 Å². The van der Waals surface area contributed by atoms with Gasteiger partial charge in [0, 0.05) is 0 Å².